The summed E-state index contributed by atoms with van der Waals surface area (Å²) in [6.07, 6.45) is 0. The van der Waals surface area contributed by atoms with Crippen LogP contribution >= 0.6 is 11.3 Å². The Balaban J connectivity index is 1.71. The second-order valence-electron chi connectivity index (χ2n) is 6.10. The van der Waals surface area contributed by atoms with Crippen molar-refractivity contribution < 1.29 is 9.18 Å². The number of aromatic amines is 1. The third kappa shape index (κ3) is 3.49. The van der Waals surface area contributed by atoms with Crippen LogP contribution in [-0.4, -0.2) is 29.9 Å². The summed E-state index contributed by atoms with van der Waals surface area (Å²) in [5.41, 5.74) is 2.02. The highest BCUT2D eigenvalue weighted by molar-refractivity contribution is 7.11. The Labute approximate surface area is 144 Å². The summed E-state index contributed by atoms with van der Waals surface area (Å²) in [5.74, 6) is -0.477. The summed E-state index contributed by atoms with van der Waals surface area (Å²) in [5, 5.41) is 3.67. The zero-order valence-electron chi connectivity index (χ0n) is 13.9. The predicted molar refractivity (Wildman–Crippen MR) is 95.9 cm³/mol. The molecule has 0 saturated carbocycles. The van der Waals surface area contributed by atoms with Crippen LogP contribution in [0.15, 0.2) is 30.3 Å². The molecule has 1 aromatic carbocycles. The van der Waals surface area contributed by atoms with Gasteiger partial charge in [0.1, 0.15) is 11.5 Å². The van der Waals surface area contributed by atoms with Gasteiger partial charge in [0.15, 0.2) is 0 Å². The fraction of sp³-hybridized carbons (Fsp3) is 0.278. The number of H-pyrrole nitrogens is 1. The number of fused-ring (bicyclic) bond motifs is 1. The molecule has 0 saturated heterocycles. The minimum atomic E-state index is -0.302. The number of nitrogens with one attached hydrogen (secondary N) is 2. The average molecular weight is 345 g/mol. The van der Waals surface area contributed by atoms with Gasteiger partial charge in [0.2, 0.25) is 0 Å². The molecule has 0 aliphatic heterocycles. The van der Waals surface area contributed by atoms with Gasteiger partial charge in [-0.25, -0.2) is 4.39 Å². The second kappa shape index (κ2) is 6.75. The normalized spacial score (nSPS) is 11.4. The molecular formula is C18H20FN3OS. The van der Waals surface area contributed by atoms with E-state index < -0.39 is 0 Å². The number of nitrogens with zero attached hydrogens (tertiary/aromatic N) is 1. The number of hydrogen-bond donors (Lipinski definition) is 2. The lowest BCUT2D eigenvalue weighted by Crippen LogP contribution is -2.23. The van der Waals surface area contributed by atoms with Gasteiger partial charge >= 0.3 is 0 Å². The van der Waals surface area contributed by atoms with Crippen molar-refractivity contribution in [2.45, 2.75) is 20.0 Å². The van der Waals surface area contributed by atoms with Crippen LogP contribution in [0.5, 0.6) is 0 Å². The molecule has 2 N–H and O–H groups in total. The van der Waals surface area contributed by atoms with E-state index in [-0.39, 0.29) is 11.7 Å². The molecule has 2 heterocycles. The van der Waals surface area contributed by atoms with Gasteiger partial charge in [-0.15, -0.1) is 11.3 Å². The molecule has 0 aliphatic rings. The summed E-state index contributed by atoms with van der Waals surface area (Å²) in [6, 6.07) is 8.62. The summed E-state index contributed by atoms with van der Waals surface area (Å²) in [4.78, 5) is 20.0. The van der Waals surface area contributed by atoms with E-state index in [0.717, 1.165) is 27.9 Å². The zero-order valence-corrected chi connectivity index (χ0v) is 14.8. The second-order valence-corrected chi connectivity index (χ2v) is 7.36. The van der Waals surface area contributed by atoms with Crippen LogP contribution in [0.25, 0.3) is 10.9 Å². The Hall–Kier alpha value is -2.18. The molecule has 24 heavy (non-hydrogen) atoms. The number of carbonyl (C=O) groups excluding carboxylic acids is 1. The van der Waals surface area contributed by atoms with E-state index >= 15 is 0 Å². The van der Waals surface area contributed by atoms with Crippen molar-refractivity contribution in [1.82, 2.24) is 15.2 Å². The van der Waals surface area contributed by atoms with Crippen LogP contribution in [-0.2, 0) is 13.1 Å². The smallest absolute Gasteiger partial charge is 0.268 e. The van der Waals surface area contributed by atoms with Crippen LogP contribution in [0.1, 0.15) is 25.8 Å². The van der Waals surface area contributed by atoms with Gasteiger partial charge in [-0.1, -0.05) is 0 Å². The van der Waals surface area contributed by atoms with Gasteiger partial charge in [0.05, 0.1) is 6.54 Å². The Kier molecular flexibility index (Phi) is 4.69. The fourth-order valence-corrected chi connectivity index (χ4v) is 3.77. The quantitative estimate of drug-likeness (QED) is 0.741. The molecule has 0 fully saturated rings. The van der Waals surface area contributed by atoms with Crippen LogP contribution in [0.3, 0.4) is 0 Å². The number of carbonyl (C=O) groups is 1. The minimum absolute atomic E-state index is 0.174. The number of rotatable bonds is 5. The maximum Gasteiger partial charge on any atom is 0.268 e. The van der Waals surface area contributed by atoms with E-state index in [1.54, 1.807) is 17.4 Å². The lowest BCUT2D eigenvalue weighted by atomic mass is 10.1. The predicted octanol–water partition coefficient (Wildman–Crippen LogP) is 3.67. The molecule has 3 rings (SSSR count). The van der Waals surface area contributed by atoms with Crippen molar-refractivity contribution in [3.8, 4) is 0 Å². The van der Waals surface area contributed by atoms with Crippen LogP contribution in [0, 0.1) is 12.7 Å². The van der Waals surface area contributed by atoms with Crippen molar-refractivity contribution in [1.29, 1.82) is 0 Å². The molecule has 0 atom stereocenters. The van der Waals surface area contributed by atoms with E-state index in [4.69, 9.17) is 0 Å². The zero-order chi connectivity index (χ0) is 17.3. The average Bonchev–Trinajstić information content (AvgIpc) is 3.09. The Morgan fingerprint density at radius 1 is 1.25 bits per heavy atom. The first kappa shape index (κ1) is 16.7. The summed E-state index contributed by atoms with van der Waals surface area (Å²) in [7, 11) is 4.06. The summed E-state index contributed by atoms with van der Waals surface area (Å²) in [6.45, 7) is 3.21. The Morgan fingerprint density at radius 3 is 2.75 bits per heavy atom. The number of hydrogen-bond acceptors (Lipinski definition) is 3. The van der Waals surface area contributed by atoms with Crippen molar-refractivity contribution in [3.05, 3.63) is 57.2 Å². The lowest BCUT2D eigenvalue weighted by molar-refractivity contribution is 0.0946. The maximum atomic E-state index is 13.4. The molecular weight excluding hydrogens is 325 g/mol. The van der Waals surface area contributed by atoms with Gasteiger partial charge in [-0.05, 0) is 56.9 Å². The molecule has 0 bridgehead atoms. The number of benzene rings is 1. The number of amides is 1. The van der Waals surface area contributed by atoms with Crippen LogP contribution < -0.4 is 5.32 Å². The molecule has 0 aliphatic carbocycles. The molecule has 2 aromatic heterocycles. The first-order chi connectivity index (χ1) is 11.4. The largest absolute Gasteiger partial charge is 0.350 e. The number of thiophene rings is 1. The van der Waals surface area contributed by atoms with Gasteiger partial charge in [0.25, 0.3) is 5.91 Å². The van der Waals surface area contributed by atoms with Gasteiger partial charge in [-0.2, -0.15) is 0 Å². The lowest BCUT2D eigenvalue weighted by Gasteiger charge is -2.06. The van der Waals surface area contributed by atoms with Gasteiger partial charge in [-0.3, -0.25) is 4.79 Å². The van der Waals surface area contributed by atoms with Crippen molar-refractivity contribution in [2.75, 3.05) is 14.1 Å². The van der Waals surface area contributed by atoms with E-state index in [9.17, 15) is 9.18 Å². The highest BCUT2D eigenvalue weighted by Crippen LogP contribution is 2.23. The molecule has 6 heteroatoms. The molecule has 0 unspecified atom stereocenters. The van der Waals surface area contributed by atoms with Crippen LogP contribution in [0.2, 0.25) is 0 Å². The summed E-state index contributed by atoms with van der Waals surface area (Å²) < 4.78 is 13.4. The van der Waals surface area contributed by atoms with E-state index in [1.807, 2.05) is 27.1 Å². The fourth-order valence-electron chi connectivity index (χ4n) is 2.70. The maximum absolute atomic E-state index is 13.4. The highest BCUT2D eigenvalue weighted by atomic mass is 32.1. The Bertz CT molecular complexity index is 882. The third-order valence-corrected chi connectivity index (χ3v) is 4.93. The SMILES string of the molecule is Cc1c(C(=O)NCc2ccc(CN(C)C)s2)[nH]c2ccc(F)cc12. The van der Waals surface area contributed by atoms with E-state index in [2.05, 4.69) is 21.3 Å². The molecule has 1 amide bonds. The molecule has 0 radical (unpaired) electrons. The number of aromatic nitrogens is 1. The molecule has 126 valence electrons. The van der Waals surface area contributed by atoms with Crippen molar-refractivity contribution in [3.63, 3.8) is 0 Å². The summed E-state index contributed by atoms with van der Waals surface area (Å²) >= 11 is 1.69. The number of aryl methyl sites for hydroxylation is 1. The topological polar surface area (TPSA) is 48.1 Å². The first-order valence-corrected chi connectivity index (χ1v) is 8.54. The number of halogens is 1. The molecule has 0 spiro atoms. The first-order valence-electron chi connectivity index (χ1n) is 7.72. The highest BCUT2D eigenvalue weighted by Gasteiger charge is 2.15. The Morgan fingerprint density at radius 2 is 2.00 bits per heavy atom. The monoisotopic (exact) mass is 345 g/mol. The van der Waals surface area contributed by atoms with Crippen LogP contribution in [0.4, 0.5) is 4.39 Å². The molecule has 3 aromatic rings. The van der Waals surface area contributed by atoms with Gasteiger partial charge in [0, 0.05) is 27.2 Å². The van der Waals surface area contributed by atoms with E-state index in [1.165, 1.54) is 17.0 Å². The van der Waals surface area contributed by atoms with Gasteiger partial charge < -0.3 is 15.2 Å². The minimum Gasteiger partial charge on any atom is -0.350 e. The van der Waals surface area contributed by atoms with Crippen molar-refractivity contribution in [2.24, 2.45) is 0 Å². The van der Waals surface area contributed by atoms with E-state index in [0.29, 0.717) is 12.2 Å². The van der Waals surface area contributed by atoms with Crippen molar-refractivity contribution >= 4 is 28.1 Å². The standard InChI is InChI=1S/C18H20FN3OS/c1-11-15-8-12(19)4-7-16(15)21-17(11)18(23)20-9-13-5-6-14(24-13)10-22(2)3/h4-8,21H,9-10H2,1-3H3,(H,20,23). The third-order valence-electron chi connectivity index (χ3n) is 3.86. The molecule has 4 nitrogen and oxygen atoms in total.